The number of carbonyl (C=O) groups is 1. The molecule has 0 radical (unpaired) electrons. The largest absolute Gasteiger partial charge is 0.445 e. The number of hydrogen-bond acceptors (Lipinski definition) is 2. The second-order valence-corrected chi connectivity index (χ2v) is 7.22. The lowest BCUT2D eigenvalue weighted by Crippen LogP contribution is -2.36. The average molecular weight is 389 g/mol. The highest BCUT2D eigenvalue weighted by atomic mass is 127. The summed E-state index contributed by atoms with van der Waals surface area (Å²) in [6.07, 6.45) is 0.543. The van der Waals surface area contributed by atoms with Crippen molar-refractivity contribution in [2.24, 2.45) is 5.92 Å². The van der Waals surface area contributed by atoms with Gasteiger partial charge in [0, 0.05) is 16.4 Å². The van der Waals surface area contributed by atoms with Crippen molar-refractivity contribution < 1.29 is 13.9 Å². The van der Waals surface area contributed by atoms with Crippen LogP contribution < -0.4 is 0 Å². The van der Waals surface area contributed by atoms with Crippen molar-refractivity contribution in [3.05, 3.63) is 35.9 Å². The van der Waals surface area contributed by atoms with Gasteiger partial charge in [0.05, 0.1) is 6.04 Å². The van der Waals surface area contributed by atoms with Gasteiger partial charge in [-0.3, -0.25) is 0 Å². The zero-order valence-corrected chi connectivity index (χ0v) is 13.2. The fourth-order valence-electron chi connectivity index (χ4n) is 2.84. The van der Waals surface area contributed by atoms with Gasteiger partial charge in [-0.2, -0.15) is 0 Å². The molecule has 5 heteroatoms. The van der Waals surface area contributed by atoms with Crippen LogP contribution in [0.4, 0.5) is 9.18 Å². The van der Waals surface area contributed by atoms with Crippen LogP contribution in [-0.4, -0.2) is 33.7 Å². The summed E-state index contributed by atoms with van der Waals surface area (Å²) in [5, 5.41) is 0. The maximum absolute atomic E-state index is 13.8. The van der Waals surface area contributed by atoms with Crippen LogP contribution in [0.25, 0.3) is 0 Å². The van der Waals surface area contributed by atoms with Gasteiger partial charge in [-0.25, -0.2) is 9.18 Å². The Kier molecular flexibility index (Phi) is 4.14. The summed E-state index contributed by atoms with van der Waals surface area (Å²) >= 11 is 2.35. The SMILES string of the molecule is O=C(OCc1ccccc1)N1CCC(I)C[C@H]2[C@H](F)[C@H]21. The highest BCUT2D eigenvalue weighted by Crippen LogP contribution is 2.46. The molecule has 2 aliphatic rings. The number of nitrogens with zero attached hydrogens (tertiary/aromatic N) is 1. The zero-order valence-electron chi connectivity index (χ0n) is 11.0. The van der Waals surface area contributed by atoms with E-state index in [1.54, 1.807) is 4.90 Å². The number of carbonyl (C=O) groups excluding carboxylic acids is 1. The van der Waals surface area contributed by atoms with E-state index in [0.29, 0.717) is 10.5 Å². The molecule has 108 valence electrons. The highest BCUT2D eigenvalue weighted by molar-refractivity contribution is 14.1. The van der Waals surface area contributed by atoms with Crippen molar-refractivity contribution in [3.8, 4) is 0 Å². The molecule has 0 aromatic heterocycles. The molecule has 20 heavy (non-hydrogen) atoms. The third kappa shape index (κ3) is 2.92. The Morgan fingerprint density at radius 2 is 2.15 bits per heavy atom. The molecule has 0 bridgehead atoms. The Balaban J connectivity index is 1.59. The standard InChI is InChI=1S/C15H17FINO2/c16-13-12-8-11(17)6-7-18(14(12)13)15(19)20-9-10-4-2-1-3-5-10/h1-5,11-14H,6-9H2/t11?,12-,13-,14-/m0/s1. The number of hydrogen-bond donors (Lipinski definition) is 0. The minimum atomic E-state index is -0.864. The maximum Gasteiger partial charge on any atom is 0.410 e. The average Bonchev–Trinajstić information content (AvgIpc) is 3.12. The van der Waals surface area contributed by atoms with Crippen LogP contribution in [-0.2, 0) is 11.3 Å². The van der Waals surface area contributed by atoms with Crippen LogP contribution in [0, 0.1) is 5.92 Å². The second-order valence-electron chi connectivity index (χ2n) is 5.45. The van der Waals surface area contributed by atoms with Gasteiger partial charge >= 0.3 is 6.09 Å². The Labute approximate surface area is 131 Å². The molecule has 4 atom stereocenters. The summed E-state index contributed by atoms with van der Waals surface area (Å²) in [5.41, 5.74) is 0.951. The van der Waals surface area contributed by atoms with E-state index in [-0.39, 0.29) is 24.7 Å². The maximum atomic E-state index is 13.8. The molecule has 1 aliphatic carbocycles. The van der Waals surface area contributed by atoms with Crippen molar-refractivity contribution in [2.45, 2.75) is 35.6 Å². The lowest BCUT2D eigenvalue weighted by atomic mass is 10.2. The summed E-state index contributed by atoms with van der Waals surface area (Å²) in [5.74, 6) is 0.0173. The monoisotopic (exact) mass is 389 g/mol. The first kappa shape index (κ1) is 14.1. The summed E-state index contributed by atoms with van der Waals surface area (Å²) < 4.78 is 19.5. The molecule has 2 fully saturated rings. The van der Waals surface area contributed by atoms with E-state index in [2.05, 4.69) is 22.6 Å². The smallest absolute Gasteiger partial charge is 0.410 e. The van der Waals surface area contributed by atoms with Gasteiger partial charge in [0.2, 0.25) is 0 Å². The third-order valence-electron chi connectivity index (χ3n) is 4.04. The number of alkyl halides is 2. The molecule has 1 unspecified atom stereocenters. The van der Waals surface area contributed by atoms with Crippen molar-refractivity contribution in [1.82, 2.24) is 4.90 Å². The normalized spacial score (nSPS) is 32.2. The minimum Gasteiger partial charge on any atom is -0.445 e. The molecule has 1 heterocycles. The summed E-state index contributed by atoms with van der Waals surface area (Å²) in [7, 11) is 0. The molecule has 1 saturated heterocycles. The van der Waals surface area contributed by atoms with Crippen LogP contribution in [0.2, 0.25) is 0 Å². The predicted octanol–water partition coefficient (Wildman–Crippen LogP) is 3.56. The fourth-order valence-corrected chi connectivity index (χ4v) is 3.71. The molecule has 1 aromatic carbocycles. The molecular weight excluding hydrogens is 372 g/mol. The number of ether oxygens (including phenoxy) is 1. The van der Waals surface area contributed by atoms with E-state index in [1.165, 1.54) is 0 Å². The van der Waals surface area contributed by atoms with Crippen LogP contribution in [0.1, 0.15) is 18.4 Å². The van der Waals surface area contributed by atoms with Gasteiger partial charge in [0.1, 0.15) is 12.8 Å². The van der Waals surface area contributed by atoms with Gasteiger partial charge < -0.3 is 9.64 Å². The quantitative estimate of drug-likeness (QED) is 0.572. The fraction of sp³-hybridized carbons (Fsp3) is 0.533. The van der Waals surface area contributed by atoms with Crippen molar-refractivity contribution in [3.63, 3.8) is 0 Å². The van der Waals surface area contributed by atoms with Crippen molar-refractivity contribution >= 4 is 28.7 Å². The van der Waals surface area contributed by atoms with E-state index in [0.717, 1.165) is 18.4 Å². The second kappa shape index (κ2) is 5.87. The topological polar surface area (TPSA) is 29.5 Å². The minimum absolute atomic E-state index is 0.0173. The van der Waals surface area contributed by atoms with Crippen LogP contribution >= 0.6 is 22.6 Å². The van der Waals surface area contributed by atoms with Gasteiger partial charge in [0.25, 0.3) is 0 Å². The lowest BCUT2D eigenvalue weighted by molar-refractivity contribution is 0.0905. The molecule has 1 aromatic rings. The first-order valence-electron chi connectivity index (χ1n) is 6.92. The summed E-state index contributed by atoms with van der Waals surface area (Å²) in [6.45, 7) is 0.848. The molecule has 0 N–H and O–H groups in total. The number of amides is 1. The highest BCUT2D eigenvalue weighted by Gasteiger charge is 2.57. The Hall–Kier alpha value is -0.850. The van der Waals surface area contributed by atoms with E-state index in [4.69, 9.17) is 4.74 Å². The van der Waals surface area contributed by atoms with Crippen LogP contribution in [0.15, 0.2) is 30.3 Å². The van der Waals surface area contributed by atoms with E-state index in [9.17, 15) is 9.18 Å². The first-order valence-corrected chi connectivity index (χ1v) is 8.17. The van der Waals surface area contributed by atoms with Gasteiger partial charge in [0.15, 0.2) is 0 Å². The Bertz CT molecular complexity index is 484. The van der Waals surface area contributed by atoms with Crippen molar-refractivity contribution in [2.75, 3.05) is 6.54 Å². The summed E-state index contributed by atoms with van der Waals surface area (Å²) in [4.78, 5) is 13.7. The number of fused-ring (bicyclic) bond motifs is 1. The number of likely N-dealkylation sites (tertiary alicyclic amines) is 1. The zero-order chi connectivity index (χ0) is 14.1. The van der Waals surface area contributed by atoms with E-state index >= 15 is 0 Å². The van der Waals surface area contributed by atoms with Crippen LogP contribution in [0.5, 0.6) is 0 Å². The molecule has 1 aliphatic heterocycles. The Morgan fingerprint density at radius 1 is 1.40 bits per heavy atom. The summed E-state index contributed by atoms with van der Waals surface area (Å²) in [6, 6.07) is 9.30. The number of rotatable bonds is 2. The van der Waals surface area contributed by atoms with E-state index < -0.39 is 6.17 Å². The lowest BCUT2D eigenvalue weighted by Gasteiger charge is -2.21. The molecule has 3 rings (SSSR count). The predicted molar refractivity (Wildman–Crippen MR) is 82.5 cm³/mol. The van der Waals surface area contributed by atoms with Gasteiger partial charge in [-0.15, -0.1) is 0 Å². The molecule has 0 spiro atoms. The number of halogens is 2. The van der Waals surface area contributed by atoms with E-state index in [1.807, 2.05) is 30.3 Å². The number of benzene rings is 1. The van der Waals surface area contributed by atoms with Crippen molar-refractivity contribution in [1.29, 1.82) is 0 Å². The molecule has 3 nitrogen and oxygen atoms in total. The molecule has 1 amide bonds. The molecule has 1 saturated carbocycles. The third-order valence-corrected chi connectivity index (χ3v) is 5.18. The molecular formula is C15H17FINO2. The first-order chi connectivity index (χ1) is 9.66. The van der Waals surface area contributed by atoms with Crippen LogP contribution in [0.3, 0.4) is 0 Å². The van der Waals surface area contributed by atoms with Gasteiger partial charge in [-0.1, -0.05) is 52.9 Å². The van der Waals surface area contributed by atoms with Gasteiger partial charge in [-0.05, 0) is 18.4 Å². The Morgan fingerprint density at radius 3 is 2.90 bits per heavy atom.